The number of nitrogens with zero attached hydrogens (tertiary/aromatic N) is 1. The molecule has 6 aromatic rings. The number of ether oxygens (including phenoxy) is 1. The molecule has 0 saturated carbocycles. The van der Waals surface area contributed by atoms with E-state index < -0.39 is 27.9 Å². The molecular formula is C37H28ClN3O7S. The van der Waals surface area contributed by atoms with E-state index in [1.807, 2.05) is 66.7 Å². The first kappa shape index (κ1) is 33.0. The number of nitrogens with one attached hydrogen (secondary N) is 2. The summed E-state index contributed by atoms with van der Waals surface area (Å²) in [6, 6.07) is 32.8. The third kappa shape index (κ3) is 7.98. The Morgan fingerprint density at radius 3 is 2.24 bits per heavy atom. The average molecular weight is 694 g/mol. The predicted octanol–water partition coefficient (Wildman–Crippen LogP) is 7.68. The van der Waals surface area contributed by atoms with Gasteiger partial charge >= 0.3 is 5.97 Å². The standard InChI is InChI=1S/C37H28ClN3O7S/c38-27-16-19-32(41-49(45,46)29-17-14-26(15-18-29)35-22-39-23-47-35)31(21-27)36(42)40-33(37(43)44)20-24-10-12-25(13-11-24)30-8-4-5-9-34(30)48-28-6-2-1-3-7-28/h1-19,21-23,33,41H,20H2,(H,40,42)(H,43,44)/t33-/m0/s1. The maximum Gasteiger partial charge on any atom is 0.326 e. The molecule has 1 atom stereocenters. The van der Waals surface area contributed by atoms with Crippen LogP contribution < -0.4 is 14.8 Å². The lowest BCUT2D eigenvalue weighted by Gasteiger charge is -2.18. The molecule has 0 radical (unpaired) electrons. The number of carbonyl (C=O) groups is 2. The number of sulfonamides is 1. The smallest absolute Gasteiger partial charge is 0.326 e. The maximum absolute atomic E-state index is 13.4. The van der Waals surface area contributed by atoms with Crippen LogP contribution in [0.5, 0.6) is 11.5 Å². The predicted molar refractivity (Wildman–Crippen MR) is 185 cm³/mol. The molecule has 1 heterocycles. The highest BCUT2D eigenvalue weighted by molar-refractivity contribution is 7.92. The number of benzene rings is 5. The van der Waals surface area contributed by atoms with Crippen molar-refractivity contribution in [2.75, 3.05) is 4.72 Å². The van der Waals surface area contributed by atoms with Crippen molar-refractivity contribution in [2.24, 2.45) is 0 Å². The first-order valence-corrected chi connectivity index (χ1v) is 16.8. The van der Waals surface area contributed by atoms with Crippen molar-refractivity contribution in [3.05, 3.63) is 150 Å². The fraction of sp³-hybridized carbons (Fsp3) is 0.0541. The van der Waals surface area contributed by atoms with Gasteiger partial charge in [0, 0.05) is 22.6 Å². The van der Waals surface area contributed by atoms with Gasteiger partial charge in [-0.2, -0.15) is 0 Å². The topological polar surface area (TPSA) is 148 Å². The first-order valence-electron chi connectivity index (χ1n) is 14.9. The SMILES string of the molecule is O=C(N[C@@H](Cc1ccc(-c2ccccc2Oc2ccccc2)cc1)C(=O)O)c1cc(Cl)ccc1NS(=O)(=O)c1ccc(-c2cnco2)cc1. The van der Waals surface area contributed by atoms with Gasteiger partial charge in [-0.1, -0.05) is 72.3 Å². The maximum atomic E-state index is 13.4. The summed E-state index contributed by atoms with van der Waals surface area (Å²) >= 11 is 6.17. The van der Waals surface area contributed by atoms with Crippen molar-refractivity contribution in [3.8, 4) is 33.9 Å². The van der Waals surface area contributed by atoms with Crippen LogP contribution in [0.4, 0.5) is 5.69 Å². The van der Waals surface area contributed by atoms with Crippen molar-refractivity contribution >= 4 is 39.2 Å². The third-order valence-electron chi connectivity index (χ3n) is 7.52. The van der Waals surface area contributed by atoms with E-state index in [0.29, 0.717) is 28.4 Å². The van der Waals surface area contributed by atoms with Gasteiger partial charge in [0.2, 0.25) is 0 Å². The van der Waals surface area contributed by atoms with Crippen LogP contribution in [-0.2, 0) is 21.2 Å². The highest BCUT2D eigenvalue weighted by atomic mass is 35.5. The Bertz CT molecular complexity index is 2190. The number of halogens is 1. The monoisotopic (exact) mass is 693 g/mol. The van der Waals surface area contributed by atoms with E-state index in [-0.39, 0.29) is 27.6 Å². The number of oxazole rings is 1. The molecule has 0 fully saturated rings. The molecule has 10 nitrogen and oxygen atoms in total. The summed E-state index contributed by atoms with van der Waals surface area (Å²) in [7, 11) is -4.15. The summed E-state index contributed by atoms with van der Waals surface area (Å²) in [6.07, 6.45) is 2.73. The van der Waals surface area contributed by atoms with Crippen molar-refractivity contribution in [1.82, 2.24) is 10.3 Å². The normalized spacial score (nSPS) is 11.8. The van der Waals surface area contributed by atoms with Gasteiger partial charge in [0.1, 0.15) is 17.5 Å². The Balaban J connectivity index is 1.17. The van der Waals surface area contributed by atoms with E-state index in [1.165, 1.54) is 42.9 Å². The van der Waals surface area contributed by atoms with Crippen LogP contribution >= 0.6 is 11.6 Å². The van der Waals surface area contributed by atoms with Gasteiger partial charge in [0.15, 0.2) is 12.2 Å². The number of aromatic nitrogens is 1. The molecule has 1 aromatic heterocycles. The molecule has 0 spiro atoms. The molecule has 0 aliphatic rings. The summed E-state index contributed by atoms with van der Waals surface area (Å²) in [5.74, 6) is -0.267. The van der Waals surface area contributed by atoms with Crippen molar-refractivity contribution < 1.29 is 32.3 Å². The van der Waals surface area contributed by atoms with E-state index in [2.05, 4.69) is 15.0 Å². The second-order valence-corrected chi connectivity index (χ2v) is 13.0. The Kier molecular flexibility index (Phi) is 9.74. The average Bonchev–Trinajstić information content (AvgIpc) is 3.65. The first-order chi connectivity index (χ1) is 23.7. The van der Waals surface area contributed by atoms with Gasteiger partial charge < -0.3 is 19.6 Å². The number of hydrogen-bond donors (Lipinski definition) is 3. The van der Waals surface area contributed by atoms with Crippen molar-refractivity contribution in [2.45, 2.75) is 17.4 Å². The van der Waals surface area contributed by atoms with Crippen LogP contribution in [0.25, 0.3) is 22.5 Å². The van der Waals surface area contributed by atoms with E-state index in [1.54, 1.807) is 24.3 Å². The molecule has 5 aromatic carbocycles. The summed E-state index contributed by atoms with van der Waals surface area (Å²) in [4.78, 5) is 29.5. The summed E-state index contributed by atoms with van der Waals surface area (Å²) in [5, 5.41) is 12.7. The van der Waals surface area contributed by atoms with Gasteiger partial charge in [-0.05, 0) is 71.8 Å². The fourth-order valence-corrected chi connectivity index (χ4v) is 6.31. The zero-order valence-electron chi connectivity index (χ0n) is 25.6. The summed E-state index contributed by atoms with van der Waals surface area (Å²) in [6.45, 7) is 0. The van der Waals surface area contributed by atoms with E-state index in [4.69, 9.17) is 20.8 Å². The number of rotatable bonds is 12. The van der Waals surface area contributed by atoms with Gasteiger partial charge in [0.05, 0.1) is 22.3 Å². The second kappa shape index (κ2) is 14.5. The van der Waals surface area contributed by atoms with Crippen LogP contribution in [0.2, 0.25) is 5.02 Å². The molecule has 0 bridgehead atoms. The van der Waals surface area contributed by atoms with Crippen LogP contribution in [-0.4, -0.2) is 36.4 Å². The molecule has 1 amide bonds. The molecule has 0 unspecified atom stereocenters. The summed E-state index contributed by atoms with van der Waals surface area (Å²) in [5.41, 5.74) is 2.76. The Hall–Kier alpha value is -5.91. The van der Waals surface area contributed by atoms with Crippen LogP contribution in [0, 0.1) is 0 Å². The highest BCUT2D eigenvalue weighted by Gasteiger charge is 2.25. The Morgan fingerprint density at radius 2 is 1.55 bits per heavy atom. The van der Waals surface area contributed by atoms with Gasteiger partial charge in [-0.15, -0.1) is 0 Å². The lowest BCUT2D eigenvalue weighted by molar-refractivity contribution is -0.139. The third-order valence-corrected chi connectivity index (χ3v) is 9.13. The fourth-order valence-electron chi connectivity index (χ4n) is 5.06. The molecule has 246 valence electrons. The lowest BCUT2D eigenvalue weighted by atomic mass is 9.99. The highest BCUT2D eigenvalue weighted by Crippen LogP contribution is 2.33. The lowest BCUT2D eigenvalue weighted by Crippen LogP contribution is -2.42. The second-order valence-electron chi connectivity index (χ2n) is 10.9. The zero-order valence-corrected chi connectivity index (χ0v) is 27.2. The number of aliphatic carboxylic acids is 1. The van der Waals surface area contributed by atoms with Crippen LogP contribution in [0.1, 0.15) is 15.9 Å². The number of amides is 1. The molecule has 0 aliphatic heterocycles. The minimum atomic E-state index is -4.15. The summed E-state index contributed by atoms with van der Waals surface area (Å²) < 4.78 is 40.3. The van der Waals surface area contributed by atoms with E-state index in [0.717, 1.165) is 11.1 Å². The van der Waals surface area contributed by atoms with Crippen LogP contribution in [0.15, 0.2) is 143 Å². The molecule has 12 heteroatoms. The number of anilines is 1. The molecule has 3 N–H and O–H groups in total. The van der Waals surface area contributed by atoms with Crippen LogP contribution in [0.3, 0.4) is 0 Å². The Labute approximate surface area is 287 Å². The number of carboxylic acids is 1. The number of para-hydroxylation sites is 2. The minimum absolute atomic E-state index is 0.0390. The Morgan fingerprint density at radius 1 is 0.857 bits per heavy atom. The van der Waals surface area contributed by atoms with E-state index in [9.17, 15) is 23.1 Å². The van der Waals surface area contributed by atoms with Crippen molar-refractivity contribution in [3.63, 3.8) is 0 Å². The molecule has 0 saturated heterocycles. The molecule has 0 aliphatic carbocycles. The van der Waals surface area contributed by atoms with E-state index >= 15 is 0 Å². The molecule has 6 rings (SSSR count). The molecule has 49 heavy (non-hydrogen) atoms. The number of carboxylic acid groups (broad SMARTS) is 1. The number of carbonyl (C=O) groups excluding carboxylic acids is 1. The van der Waals surface area contributed by atoms with Gasteiger partial charge in [-0.25, -0.2) is 18.2 Å². The molecular weight excluding hydrogens is 666 g/mol. The zero-order chi connectivity index (χ0) is 34.4. The van der Waals surface area contributed by atoms with Crippen molar-refractivity contribution in [1.29, 1.82) is 0 Å². The van der Waals surface area contributed by atoms with Gasteiger partial charge in [0.25, 0.3) is 15.9 Å². The number of hydrogen-bond acceptors (Lipinski definition) is 7. The largest absolute Gasteiger partial charge is 0.480 e. The minimum Gasteiger partial charge on any atom is -0.480 e. The quantitative estimate of drug-likeness (QED) is 0.118. The van der Waals surface area contributed by atoms with Gasteiger partial charge in [-0.3, -0.25) is 9.52 Å².